The highest BCUT2D eigenvalue weighted by Crippen LogP contribution is 2.17. The number of nitrogens with one attached hydrogen (secondary N) is 1. The Bertz CT molecular complexity index is 279. The van der Waals surface area contributed by atoms with Crippen molar-refractivity contribution in [2.45, 2.75) is 26.3 Å². The summed E-state index contributed by atoms with van der Waals surface area (Å²) in [6.07, 6.45) is 0. The summed E-state index contributed by atoms with van der Waals surface area (Å²) in [7, 11) is 0. The van der Waals surface area contributed by atoms with Gasteiger partial charge in [-0.3, -0.25) is 0 Å². The van der Waals surface area contributed by atoms with Gasteiger partial charge in [-0.2, -0.15) is 0 Å². The second-order valence-electron chi connectivity index (χ2n) is 4.03. The van der Waals surface area contributed by atoms with E-state index in [-0.39, 0.29) is 5.54 Å². The second kappa shape index (κ2) is 3.79. The smallest absolute Gasteiger partial charge is 0.0439 e. The molecule has 0 amide bonds. The van der Waals surface area contributed by atoms with Crippen molar-refractivity contribution in [2.75, 3.05) is 11.9 Å². The highest BCUT2D eigenvalue weighted by molar-refractivity contribution is 5.51. The van der Waals surface area contributed by atoms with Crippen LogP contribution in [0.3, 0.4) is 0 Å². The lowest BCUT2D eigenvalue weighted by Crippen LogP contribution is -2.39. The first-order chi connectivity index (χ1) is 6.05. The minimum absolute atomic E-state index is 0.0356. The normalized spacial score (nSPS) is 11.4. The molecular formula is C11H18N2. The summed E-state index contributed by atoms with van der Waals surface area (Å²) in [4.78, 5) is 0. The van der Waals surface area contributed by atoms with Gasteiger partial charge in [0.05, 0.1) is 0 Å². The Labute approximate surface area is 80.1 Å². The van der Waals surface area contributed by atoms with E-state index >= 15 is 0 Å². The monoisotopic (exact) mass is 178 g/mol. The van der Waals surface area contributed by atoms with Crippen LogP contribution in [0.2, 0.25) is 0 Å². The van der Waals surface area contributed by atoms with Gasteiger partial charge in [-0.15, -0.1) is 0 Å². The molecule has 0 aliphatic rings. The van der Waals surface area contributed by atoms with Crippen LogP contribution in [0.4, 0.5) is 5.69 Å². The van der Waals surface area contributed by atoms with E-state index in [4.69, 9.17) is 5.73 Å². The molecule has 2 nitrogen and oxygen atoms in total. The zero-order chi connectivity index (χ0) is 9.90. The van der Waals surface area contributed by atoms with Crippen LogP contribution in [0, 0.1) is 6.92 Å². The number of hydrogen-bond donors (Lipinski definition) is 2. The number of aryl methyl sites for hydroxylation is 1. The van der Waals surface area contributed by atoms with Gasteiger partial charge >= 0.3 is 0 Å². The van der Waals surface area contributed by atoms with E-state index in [0.29, 0.717) is 6.54 Å². The molecule has 2 heteroatoms. The topological polar surface area (TPSA) is 38.0 Å². The third kappa shape index (κ3) is 2.74. The molecule has 72 valence electrons. The first-order valence-electron chi connectivity index (χ1n) is 4.59. The number of nitrogens with two attached hydrogens (primary N) is 1. The van der Waals surface area contributed by atoms with Gasteiger partial charge in [-0.1, -0.05) is 18.2 Å². The second-order valence-corrected chi connectivity index (χ2v) is 4.03. The Kier molecular flexibility index (Phi) is 2.94. The van der Waals surface area contributed by atoms with E-state index in [1.54, 1.807) is 0 Å². The number of rotatable bonds is 3. The third-order valence-corrected chi connectivity index (χ3v) is 2.13. The average Bonchev–Trinajstić information content (AvgIpc) is 2.09. The Morgan fingerprint density at radius 1 is 1.31 bits per heavy atom. The lowest BCUT2D eigenvalue weighted by Gasteiger charge is -2.26. The van der Waals surface area contributed by atoms with E-state index < -0.39 is 0 Å². The SMILES string of the molecule is Cc1ccccc1NC(C)(C)CN. The molecule has 0 saturated carbocycles. The van der Waals surface area contributed by atoms with Gasteiger partial charge in [-0.05, 0) is 32.4 Å². The summed E-state index contributed by atoms with van der Waals surface area (Å²) in [5.41, 5.74) is 8.02. The van der Waals surface area contributed by atoms with Crippen LogP contribution in [0.1, 0.15) is 19.4 Å². The van der Waals surface area contributed by atoms with Crippen molar-refractivity contribution in [3.63, 3.8) is 0 Å². The summed E-state index contributed by atoms with van der Waals surface area (Å²) in [5, 5.41) is 3.41. The van der Waals surface area contributed by atoms with Crippen molar-refractivity contribution >= 4 is 5.69 Å². The van der Waals surface area contributed by atoms with Crippen LogP contribution in [0.5, 0.6) is 0 Å². The van der Waals surface area contributed by atoms with Gasteiger partial charge in [-0.25, -0.2) is 0 Å². The molecule has 0 saturated heterocycles. The highest BCUT2D eigenvalue weighted by atomic mass is 15.0. The fourth-order valence-corrected chi connectivity index (χ4v) is 1.13. The molecular weight excluding hydrogens is 160 g/mol. The fraction of sp³-hybridized carbons (Fsp3) is 0.455. The largest absolute Gasteiger partial charge is 0.379 e. The third-order valence-electron chi connectivity index (χ3n) is 2.13. The van der Waals surface area contributed by atoms with E-state index in [1.165, 1.54) is 5.56 Å². The first-order valence-corrected chi connectivity index (χ1v) is 4.59. The van der Waals surface area contributed by atoms with Crippen molar-refractivity contribution in [1.82, 2.24) is 0 Å². The van der Waals surface area contributed by atoms with Crippen LogP contribution in [-0.2, 0) is 0 Å². The van der Waals surface area contributed by atoms with Gasteiger partial charge in [0.1, 0.15) is 0 Å². The van der Waals surface area contributed by atoms with Crippen molar-refractivity contribution < 1.29 is 0 Å². The molecule has 0 aliphatic heterocycles. The van der Waals surface area contributed by atoms with Crippen molar-refractivity contribution in [2.24, 2.45) is 5.73 Å². The van der Waals surface area contributed by atoms with E-state index in [9.17, 15) is 0 Å². The maximum absolute atomic E-state index is 5.64. The van der Waals surface area contributed by atoms with Gasteiger partial charge < -0.3 is 11.1 Å². The standard InChI is InChI=1S/C11H18N2/c1-9-6-4-5-7-10(9)13-11(2,3)8-12/h4-7,13H,8,12H2,1-3H3. The zero-order valence-corrected chi connectivity index (χ0v) is 8.59. The Hall–Kier alpha value is -1.02. The lowest BCUT2D eigenvalue weighted by atomic mass is 10.0. The average molecular weight is 178 g/mol. The summed E-state index contributed by atoms with van der Waals surface area (Å²) in [6.45, 7) is 6.91. The molecule has 0 unspecified atom stereocenters. The van der Waals surface area contributed by atoms with E-state index in [0.717, 1.165) is 5.69 Å². The fourth-order valence-electron chi connectivity index (χ4n) is 1.13. The van der Waals surface area contributed by atoms with E-state index in [2.05, 4.69) is 38.2 Å². The molecule has 1 aromatic rings. The van der Waals surface area contributed by atoms with E-state index in [1.807, 2.05) is 12.1 Å². The summed E-state index contributed by atoms with van der Waals surface area (Å²) < 4.78 is 0. The predicted octanol–water partition coefficient (Wildman–Crippen LogP) is 2.14. The Morgan fingerprint density at radius 2 is 1.92 bits per heavy atom. The molecule has 0 aromatic heterocycles. The molecule has 0 heterocycles. The molecule has 1 aromatic carbocycles. The predicted molar refractivity (Wildman–Crippen MR) is 57.9 cm³/mol. The highest BCUT2D eigenvalue weighted by Gasteiger charge is 2.14. The van der Waals surface area contributed by atoms with Crippen molar-refractivity contribution in [3.05, 3.63) is 29.8 Å². The summed E-state index contributed by atoms with van der Waals surface area (Å²) in [5.74, 6) is 0. The minimum Gasteiger partial charge on any atom is -0.379 e. The number of para-hydroxylation sites is 1. The van der Waals surface area contributed by atoms with Gasteiger partial charge in [0.25, 0.3) is 0 Å². The summed E-state index contributed by atoms with van der Waals surface area (Å²) >= 11 is 0. The maximum atomic E-state index is 5.64. The van der Waals surface area contributed by atoms with Crippen LogP contribution in [-0.4, -0.2) is 12.1 Å². The Morgan fingerprint density at radius 3 is 2.46 bits per heavy atom. The number of anilines is 1. The van der Waals surface area contributed by atoms with Gasteiger partial charge in [0.2, 0.25) is 0 Å². The molecule has 0 fully saturated rings. The van der Waals surface area contributed by atoms with Gasteiger partial charge in [0, 0.05) is 17.8 Å². The maximum Gasteiger partial charge on any atom is 0.0439 e. The Balaban J connectivity index is 2.80. The van der Waals surface area contributed by atoms with Gasteiger partial charge in [0.15, 0.2) is 0 Å². The van der Waals surface area contributed by atoms with Crippen LogP contribution in [0.25, 0.3) is 0 Å². The van der Waals surface area contributed by atoms with Crippen LogP contribution in [0.15, 0.2) is 24.3 Å². The molecule has 0 spiro atoms. The van der Waals surface area contributed by atoms with Crippen LogP contribution < -0.4 is 11.1 Å². The zero-order valence-electron chi connectivity index (χ0n) is 8.59. The summed E-state index contributed by atoms with van der Waals surface area (Å²) in [6, 6.07) is 8.24. The number of hydrogen-bond acceptors (Lipinski definition) is 2. The first kappa shape index (κ1) is 10.1. The number of benzene rings is 1. The molecule has 0 atom stereocenters. The van der Waals surface area contributed by atoms with Crippen molar-refractivity contribution in [1.29, 1.82) is 0 Å². The molecule has 3 N–H and O–H groups in total. The van der Waals surface area contributed by atoms with Crippen molar-refractivity contribution in [3.8, 4) is 0 Å². The van der Waals surface area contributed by atoms with Crippen LogP contribution >= 0.6 is 0 Å². The molecule has 0 aliphatic carbocycles. The quantitative estimate of drug-likeness (QED) is 0.744. The minimum atomic E-state index is -0.0356. The lowest BCUT2D eigenvalue weighted by molar-refractivity contribution is 0.579. The molecule has 0 bridgehead atoms. The molecule has 13 heavy (non-hydrogen) atoms. The molecule has 0 radical (unpaired) electrons. The molecule has 1 rings (SSSR count).